The second-order valence-corrected chi connectivity index (χ2v) is 6.76. The highest BCUT2D eigenvalue weighted by molar-refractivity contribution is 5.90. The number of aromatic nitrogens is 2. The van der Waals surface area contributed by atoms with Crippen molar-refractivity contribution in [3.63, 3.8) is 0 Å². The normalized spacial score (nSPS) is 10.7. The van der Waals surface area contributed by atoms with Crippen LogP contribution in [-0.4, -0.2) is 15.9 Å². The van der Waals surface area contributed by atoms with Gasteiger partial charge in [-0.2, -0.15) is 0 Å². The fourth-order valence-electron chi connectivity index (χ4n) is 3.21. The minimum absolute atomic E-state index is 0.0202. The molecule has 28 heavy (non-hydrogen) atoms. The zero-order valence-corrected chi connectivity index (χ0v) is 15.5. The Morgan fingerprint density at radius 3 is 2.57 bits per heavy atom. The van der Waals surface area contributed by atoms with Gasteiger partial charge in [0.05, 0.1) is 17.4 Å². The third kappa shape index (κ3) is 4.41. The molecule has 0 saturated heterocycles. The molecule has 0 fully saturated rings. The van der Waals surface area contributed by atoms with Crippen molar-refractivity contribution < 1.29 is 4.79 Å². The topological polar surface area (TPSA) is 54.9 Å². The van der Waals surface area contributed by atoms with Gasteiger partial charge in [0.2, 0.25) is 5.91 Å². The highest BCUT2D eigenvalue weighted by atomic mass is 16.1. The molecule has 4 aromatic rings. The second kappa shape index (κ2) is 8.44. The molecule has 2 aromatic carbocycles. The number of hydrogen-bond donors (Lipinski definition) is 1. The number of pyridine rings is 2. The summed E-state index contributed by atoms with van der Waals surface area (Å²) < 4.78 is 0. The third-order valence-corrected chi connectivity index (χ3v) is 4.69. The lowest BCUT2D eigenvalue weighted by Gasteiger charge is -2.07. The van der Waals surface area contributed by atoms with Gasteiger partial charge in [-0.25, -0.2) is 0 Å². The molecular formula is C24H21N3O. The van der Waals surface area contributed by atoms with Crippen LogP contribution in [0.15, 0.2) is 85.3 Å². The van der Waals surface area contributed by atoms with E-state index in [1.807, 2.05) is 36.5 Å². The second-order valence-electron chi connectivity index (χ2n) is 6.76. The van der Waals surface area contributed by atoms with Crippen LogP contribution in [0.2, 0.25) is 0 Å². The van der Waals surface area contributed by atoms with Crippen molar-refractivity contribution in [1.82, 2.24) is 9.97 Å². The highest BCUT2D eigenvalue weighted by Gasteiger charge is 2.04. The molecule has 2 aromatic heterocycles. The summed E-state index contributed by atoms with van der Waals surface area (Å²) in [7, 11) is 0. The van der Waals surface area contributed by atoms with E-state index in [9.17, 15) is 4.79 Å². The first-order valence-electron chi connectivity index (χ1n) is 9.42. The van der Waals surface area contributed by atoms with Crippen LogP contribution in [0.25, 0.3) is 22.0 Å². The highest BCUT2D eigenvalue weighted by Crippen LogP contribution is 2.23. The molecule has 0 atom stereocenters. The summed E-state index contributed by atoms with van der Waals surface area (Å²) in [5.74, 6) is 0.0202. The first kappa shape index (κ1) is 17.9. The monoisotopic (exact) mass is 367 g/mol. The third-order valence-electron chi connectivity index (χ3n) is 4.69. The van der Waals surface area contributed by atoms with Crippen LogP contribution in [0.1, 0.15) is 18.4 Å². The van der Waals surface area contributed by atoms with Crippen LogP contribution in [0, 0.1) is 0 Å². The molecule has 4 heteroatoms. The van der Waals surface area contributed by atoms with Gasteiger partial charge >= 0.3 is 0 Å². The molecule has 1 amide bonds. The van der Waals surface area contributed by atoms with Gasteiger partial charge in [0.1, 0.15) is 0 Å². The number of nitrogens with one attached hydrogen (secondary N) is 1. The quantitative estimate of drug-likeness (QED) is 0.506. The molecule has 4 rings (SSSR count). The SMILES string of the molecule is O=C(CCCc1ccc(-c2cnc3ccccc3c2)cc1)Nc1cccnc1. The number of carbonyl (C=O) groups is 1. The van der Waals surface area contributed by atoms with Crippen molar-refractivity contribution in [2.24, 2.45) is 0 Å². The van der Waals surface area contributed by atoms with Crippen molar-refractivity contribution in [3.05, 3.63) is 90.9 Å². The molecule has 0 unspecified atom stereocenters. The van der Waals surface area contributed by atoms with E-state index < -0.39 is 0 Å². The molecule has 2 heterocycles. The summed E-state index contributed by atoms with van der Waals surface area (Å²) >= 11 is 0. The maximum Gasteiger partial charge on any atom is 0.224 e. The van der Waals surface area contributed by atoms with E-state index in [2.05, 4.69) is 51.7 Å². The predicted molar refractivity (Wildman–Crippen MR) is 113 cm³/mol. The standard InChI is InChI=1S/C24H21N3O/c28-24(27-22-7-4-14-25-17-22)9-3-5-18-10-12-19(13-11-18)21-15-20-6-1-2-8-23(20)26-16-21/h1-2,4,6-8,10-17H,3,5,9H2,(H,27,28). The van der Waals surface area contributed by atoms with Gasteiger partial charge in [-0.1, -0.05) is 42.5 Å². The van der Waals surface area contributed by atoms with Crippen LogP contribution in [0.4, 0.5) is 5.69 Å². The Kier molecular flexibility index (Phi) is 5.38. The summed E-state index contributed by atoms with van der Waals surface area (Å²) in [5, 5.41) is 4.01. The van der Waals surface area contributed by atoms with Crippen molar-refractivity contribution in [1.29, 1.82) is 0 Å². The first-order valence-corrected chi connectivity index (χ1v) is 9.42. The van der Waals surface area contributed by atoms with Gasteiger partial charge in [-0.3, -0.25) is 14.8 Å². The van der Waals surface area contributed by atoms with E-state index in [0.717, 1.165) is 40.6 Å². The fraction of sp³-hybridized carbons (Fsp3) is 0.125. The summed E-state index contributed by atoms with van der Waals surface area (Å²) in [6, 6.07) is 22.4. The molecule has 0 bridgehead atoms. The predicted octanol–water partition coefficient (Wildman–Crippen LogP) is 5.26. The zero-order valence-electron chi connectivity index (χ0n) is 15.5. The lowest BCUT2D eigenvalue weighted by Crippen LogP contribution is -2.11. The van der Waals surface area contributed by atoms with E-state index in [1.54, 1.807) is 12.4 Å². The Morgan fingerprint density at radius 2 is 1.75 bits per heavy atom. The summed E-state index contributed by atoms with van der Waals surface area (Å²) in [5.41, 5.74) is 5.23. The number of anilines is 1. The number of aryl methyl sites for hydroxylation is 1. The number of fused-ring (bicyclic) bond motifs is 1. The molecule has 0 radical (unpaired) electrons. The van der Waals surface area contributed by atoms with Crippen molar-refractivity contribution in [2.45, 2.75) is 19.3 Å². The van der Waals surface area contributed by atoms with E-state index in [0.29, 0.717) is 6.42 Å². The van der Waals surface area contributed by atoms with Gasteiger partial charge in [0, 0.05) is 29.8 Å². The maximum atomic E-state index is 12.0. The van der Waals surface area contributed by atoms with E-state index in [4.69, 9.17) is 0 Å². The van der Waals surface area contributed by atoms with E-state index in [1.165, 1.54) is 5.56 Å². The average molecular weight is 367 g/mol. The molecule has 4 nitrogen and oxygen atoms in total. The largest absolute Gasteiger partial charge is 0.325 e. The zero-order chi connectivity index (χ0) is 19.2. The lowest BCUT2D eigenvalue weighted by atomic mass is 10.0. The van der Waals surface area contributed by atoms with Crippen molar-refractivity contribution >= 4 is 22.5 Å². The van der Waals surface area contributed by atoms with Gasteiger partial charge in [0.25, 0.3) is 0 Å². The fourth-order valence-corrected chi connectivity index (χ4v) is 3.21. The smallest absolute Gasteiger partial charge is 0.224 e. The van der Waals surface area contributed by atoms with Crippen molar-refractivity contribution in [3.8, 4) is 11.1 Å². The number of hydrogen-bond acceptors (Lipinski definition) is 3. The Labute approximate surface area is 164 Å². The number of amides is 1. The first-order chi connectivity index (χ1) is 13.8. The van der Waals surface area contributed by atoms with Crippen LogP contribution in [0.3, 0.4) is 0 Å². The number of benzene rings is 2. The van der Waals surface area contributed by atoms with Crippen LogP contribution >= 0.6 is 0 Å². The molecule has 0 spiro atoms. The molecular weight excluding hydrogens is 346 g/mol. The maximum absolute atomic E-state index is 12.0. The van der Waals surface area contributed by atoms with Gasteiger partial charge in [-0.05, 0) is 48.2 Å². The van der Waals surface area contributed by atoms with Crippen LogP contribution in [-0.2, 0) is 11.2 Å². The average Bonchev–Trinajstić information content (AvgIpc) is 2.74. The Bertz CT molecular complexity index is 1080. The van der Waals surface area contributed by atoms with Crippen molar-refractivity contribution in [2.75, 3.05) is 5.32 Å². The number of rotatable bonds is 6. The number of carbonyl (C=O) groups excluding carboxylic acids is 1. The number of para-hydroxylation sites is 1. The van der Waals surface area contributed by atoms with Crippen LogP contribution < -0.4 is 5.32 Å². The molecule has 0 aliphatic rings. The molecule has 0 saturated carbocycles. The lowest BCUT2D eigenvalue weighted by molar-refractivity contribution is -0.116. The van der Waals surface area contributed by atoms with Gasteiger partial charge in [-0.15, -0.1) is 0 Å². The summed E-state index contributed by atoms with van der Waals surface area (Å²) in [4.78, 5) is 20.5. The minimum Gasteiger partial charge on any atom is -0.325 e. The molecule has 0 aliphatic carbocycles. The molecule has 0 aliphatic heterocycles. The molecule has 1 N–H and O–H groups in total. The molecule has 138 valence electrons. The summed E-state index contributed by atoms with van der Waals surface area (Å²) in [6.07, 6.45) is 7.43. The Balaban J connectivity index is 1.33. The van der Waals surface area contributed by atoms with E-state index in [-0.39, 0.29) is 5.91 Å². The van der Waals surface area contributed by atoms with E-state index >= 15 is 0 Å². The van der Waals surface area contributed by atoms with Gasteiger partial charge in [0.15, 0.2) is 0 Å². The van der Waals surface area contributed by atoms with Crippen LogP contribution in [0.5, 0.6) is 0 Å². The number of nitrogens with zero attached hydrogens (tertiary/aromatic N) is 2. The Hall–Kier alpha value is -3.53. The Morgan fingerprint density at radius 1 is 0.893 bits per heavy atom. The van der Waals surface area contributed by atoms with Gasteiger partial charge < -0.3 is 5.32 Å². The summed E-state index contributed by atoms with van der Waals surface area (Å²) in [6.45, 7) is 0. The minimum atomic E-state index is 0.0202.